The van der Waals surface area contributed by atoms with E-state index >= 15 is 0 Å². The zero-order valence-electron chi connectivity index (χ0n) is 21.5. The molecule has 0 saturated carbocycles. The minimum Gasteiger partial charge on any atom is -0.491 e. The molecule has 0 fully saturated rings. The number of hydrogen-bond donors (Lipinski definition) is 3. The van der Waals surface area contributed by atoms with E-state index in [1.54, 1.807) is 54.7 Å². The van der Waals surface area contributed by atoms with E-state index < -0.39 is 10.0 Å². The summed E-state index contributed by atoms with van der Waals surface area (Å²) in [6.07, 6.45) is 2.27. The molecule has 1 heterocycles. The first-order chi connectivity index (χ1) is 19.3. The number of amides is 1. The number of primary sulfonamides is 1. The van der Waals surface area contributed by atoms with Gasteiger partial charge in [0.15, 0.2) is 0 Å². The molecule has 0 spiro atoms. The summed E-state index contributed by atoms with van der Waals surface area (Å²) in [7, 11) is -3.90. The van der Waals surface area contributed by atoms with E-state index in [9.17, 15) is 13.2 Å². The predicted octanol–water partition coefficient (Wildman–Crippen LogP) is 4.55. The predicted molar refractivity (Wildman–Crippen MR) is 156 cm³/mol. The molecule has 1 unspecified atom stereocenters. The van der Waals surface area contributed by atoms with Gasteiger partial charge in [-0.2, -0.15) is 0 Å². The van der Waals surface area contributed by atoms with Crippen LogP contribution >= 0.6 is 0 Å². The summed E-state index contributed by atoms with van der Waals surface area (Å²) in [6.45, 7) is 0.244. The van der Waals surface area contributed by atoms with Crippen molar-refractivity contribution in [3.05, 3.63) is 120 Å². The zero-order valence-corrected chi connectivity index (χ0v) is 22.3. The standard InChI is InChI=1S/C31H28N4O4S/c32-30-18-24-14-15-27(17-25(24)19-34-30)39-20-26(16-21-6-2-1-3-7-21)35-31(36)23-12-10-22(11-13-23)28-8-4-5-9-29(28)40(33,37)38/h1-15,17-19,26H,16,20H2,(H2,32,34)(H,35,36)(H2,33,37,38). The van der Waals surface area contributed by atoms with Crippen molar-refractivity contribution >= 4 is 32.5 Å². The SMILES string of the molecule is Nc1cc2ccc(OCC(Cc3ccccc3)NC(=O)c3ccc(-c4ccccc4S(N)(=O)=O)cc3)cc2cn1. The van der Waals surface area contributed by atoms with E-state index in [4.69, 9.17) is 15.6 Å². The average Bonchev–Trinajstić information content (AvgIpc) is 2.96. The molecule has 5 rings (SSSR count). The van der Waals surface area contributed by atoms with Crippen molar-refractivity contribution in [2.45, 2.75) is 17.4 Å². The van der Waals surface area contributed by atoms with E-state index in [0.717, 1.165) is 16.3 Å². The first-order valence-corrected chi connectivity index (χ1v) is 14.2. The highest BCUT2D eigenvalue weighted by Gasteiger charge is 2.18. The van der Waals surface area contributed by atoms with Crippen molar-refractivity contribution in [3.8, 4) is 16.9 Å². The number of anilines is 1. The van der Waals surface area contributed by atoms with E-state index in [-0.39, 0.29) is 23.5 Å². The number of rotatable bonds is 9. The van der Waals surface area contributed by atoms with Crippen molar-refractivity contribution in [2.24, 2.45) is 5.14 Å². The molecule has 202 valence electrons. The van der Waals surface area contributed by atoms with Gasteiger partial charge >= 0.3 is 0 Å². The quantitative estimate of drug-likeness (QED) is 0.245. The fraction of sp³-hybridized carbons (Fsp3) is 0.0968. The van der Waals surface area contributed by atoms with E-state index in [1.807, 2.05) is 48.5 Å². The Labute approximate surface area is 232 Å². The highest BCUT2D eigenvalue weighted by molar-refractivity contribution is 7.89. The molecule has 5 aromatic rings. The third kappa shape index (κ3) is 6.45. The number of benzene rings is 4. The summed E-state index contributed by atoms with van der Waals surface area (Å²) in [5.41, 5.74) is 8.38. The van der Waals surface area contributed by atoms with Gasteiger partial charge in [0.2, 0.25) is 10.0 Å². The van der Waals surface area contributed by atoms with Gasteiger partial charge in [-0.15, -0.1) is 0 Å². The fourth-order valence-corrected chi connectivity index (χ4v) is 5.26. The lowest BCUT2D eigenvalue weighted by Crippen LogP contribution is -2.40. The Hall–Kier alpha value is -4.73. The maximum Gasteiger partial charge on any atom is 0.251 e. The van der Waals surface area contributed by atoms with Crippen LogP contribution in [0.5, 0.6) is 5.75 Å². The summed E-state index contributed by atoms with van der Waals surface area (Å²) in [5, 5.41) is 10.3. The van der Waals surface area contributed by atoms with Gasteiger partial charge in [-0.1, -0.05) is 66.7 Å². The van der Waals surface area contributed by atoms with Crippen LogP contribution < -0.4 is 20.9 Å². The van der Waals surface area contributed by atoms with Crippen molar-refractivity contribution in [1.82, 2.24) is 10.3 Å². The zero-order chi connectivity index (χ0) is 28.1. The minimum absolute atomic E-state index is 0.0280. The molecule has 0 saturated heterocycles. The monoisotopic (exact) mass is 552 g/mol. The summed E-state index contributed by atoms with van der Waals surface area (Å²) < 4.78 is 30.1. The van der Waals surface area contributed by atoms with E-state index in [1.165, 1.54) is 6.07 Å². The van der Waals surface area contributed by atoms with Crippen LogP contribution in [0.1, 0.15) is 15.9 Å². The topological polar surface area (TPSA) is 137 Å². The average molecular weight is 553 g/mol. The molecule has 1 atom stereocenters. The van der Waals surface area contributed by atoms with E-state index in [0.29, 0.717) is 34.7 Å². The molecule has 1 amide bonds. The van der Waals surface area contributed by atoms with Crippen LogP contribution in [0.15, 0.2) is 114 Å². The fourth-order valence-electron chi connectivity index (χ4n) is 4.50. The molecule has 0 aliphatic heterocycles. The second kappa shape index (κ2) is 11.6. The Morgan fingerprint density at radius 1 is 0.875 bits per heavy atom. The number of nitrogen functional groups attached to an aromatic ring is 1. The molecule has 8 nitrogen and oxygen atoms in total. The van der Waals surface area contributed by atoms with Crippen LogP contribution in [-0.4, -0.2) is 32.0 Å². The van der Waals surface area contributed by atoms with Crippen LogP contribution in [0, 0.1) is 0 Å². The summed E-state index contributed by atoms with van der Waals surface area (Å²) in [4.78, 5) is 17.4. The second-order valence-electron chi connectivity index (χ2n) is 9.41. The van der Waals surface area contributed by atoms with E-state index in [2.05, 4.69) is 10.3 Å². The third-order valence-electron chi connectivity index (χ3n) is 6.48. The molecule has 1 aromatic heterocycles. The molecular formula is C31H28N4O4S. The normalized spacial score (nSPS) is 12.1. The number of carbonyl (C=O) groups excluding carboxylic acids is 1. The van der Waals surface area contributed by atoms with Crippen LogP contribution in [-0.2, 0) is 16.4 Å². The number of pyridine rings is 1. The van der Waals surface area contributed by atoms with Crippen molar-refractivity contribution in [3.63, 3.8) is 0 Å². The molecular weight excluding hydrogens is 524 g/mol. The molecule has 0 aliphatic rings. The van der Waals surface area contributed by atoms with Gasteiger partial charge in [-0.3, -0.25) is 4.79 Å². The molecule has 0 radical (unpaired) electrons. The van der Waals surface area contributed by atoms with Crippen LogP contribution in [0.3, 0.4) is 0 Å². The van der Waals surface area contributed by atoms with Gasteiger partial charge in [0.05, 0.1) is 10.9 Å². The molecule has 5 N–H and O–H groups in total. The minimum atomic E-state index is -3.90. The van der Waals surface area contributed by atoms with Crippen molar-refractivity contribution in [1.29, 1.82) is 0 Å². The number of ether oxygens (including phenoxy) is 1. The first kappa shape index (κ1) is 26.9. The Morgan fingerprint density at radius 3 is 2.35 bits per heavy atom. The molecule has 0 aliphatic carbocycles. The van der Waals surface area contributed by atoms with Gasteiger partial charge < -0.3 is 15.8 Å². The number of carbonyl (C=O) groups is 1. The summed E-state index contributed by atoms with van der Waals surface area (Å²) in [5.74, 6) is 0.840. The number of nitrogens with zero attached hydrogens (tertiary/aromatic N) is 1. The van der Waals surface area contributed by atoms with Crippen molar-refractivity contribution < 1.29 is 17.9 Å². The maximum absolute atomic E-state index is 13.2. The Kier molecular flexibility index (Phi) is 7.77. The number of sulfonamides is 1. The number of nitrogens with two attached hydrogens (primary N) is 2. The van der Waals surface area contributed by atoms with Gasteiger partial charge in [0.25, 0.3) is 5.91 Å². The number of fused-ring (bicyclic) bond motifs is 1. The largest absolute Gasteiger partial charge is 0.491 e. The lowest BCUT2D eigenvalue weighted by Gasteiger charge is -2.20. The van der Waals surface area contributed by atoms with Gasteiger partial charge in [0, 0.05) is 22.7 Å². The number of nitrogens with one attached hydrogen (secondary N) is 1. The number of aromatic nitrogens is 1. The second-order valence-corrected chi connectivity index (χ2v) is 10.9. The van der Waals surface area contributed by atoms with Gasteiger partial charge in [-0.05, 0) is 59.3 Å². The molecule has 40 heavy (non-hydrogen) atoms. The molecule has 4 aromatic carbocycles. The Morgan fingerprint density at radius 2 is 1.60 bits per heavy atom. The van der Waals surface area contributed by atoms with Crippen LogP contribution in [0.4, 0.5) is 5.82 Å². The summed E-state index contributed by atoms with van der Waals surface area (Å²) in [6, 6.07) is 30.2. The lowest BCUT2D eigenvalue weighted by atomic mass is 10.0. The summed E-state index contributed by atoms with van der Waals surface area (Å²) >= 11 is 0. The lowest BCUT2D eigenvalue weighted by molar-refractivity contribution is 0.0921. The first-order valence-electron chi connectivity index (χ1n) is 12.6. The number of hydrogen-bond acceptors (Lipinski definition) is 6. The highest BCUT2D eigenvalue weighted by Crippen LogP contribution is 2.27. The molecule has 9 heteroatoms. The third-order valence-corrected chi connectivity index (χ3v) is 7.45. The highest BCUT2D eigenvalue weighted by atomic mass is 32.2. The smallest absolute Gasteiger partial charge is 0.251 e. The van der Waals surface area contributed by atoms with Crippen LogP contribution in [0.25, 0.3) is 21.9 Å². The Balaban J connectivity index is 1.33. The Bertz CT molecular complexity index is 1760. The van der Waals surface area contributed by atoms with Gasteiger partial charge in [0.1, 0.15) is 18.2 Å². The van der Waals surface area contributed by atoms with Crippen LogP contribution in [0.2, 0.25) is 0 Å². The van der Waals surface area contributed by atoms with Gasteiger partial charge in [-0.25, -0.2) is 18.5 Å². The maximum atomic E-state index is 13.2. The molecule has 0 bridgehead atoms. The van der Waals surface area contributed by atoms with Crippen molar-refractivity contribution in [2.75, 3.05) is 12.3 Å².